The predicted octanol–water partition coefficient (Wildman–Crippen LogP) is 1.85. The van der Waals surface area contributed by atoms with Crippen molar-refractivity contribution in [2.45, 2.75) is 19.4 Å². The van der Waals surface area contributed by atoms with Crippen molar-refractivity contribution in [2.24, 2.45) is 5.92 Å². The van der Waals surface area contributed by atoms with Crippen molar-refractivity contribution in [1.82, 2.24) is 5.32 Å². The van der Waals surface area contributed by atoms with E-state index in [0.717, 1.165) is 30.5 Å². The second kappa shape index (κ2) is 4.69. The van der Waals surface area contributed by atoms with Crippen molar-refractivity contribution >= 4 is 5.69 Å². The molecule has 2 atom stereocenters. The number of hydrogen-bond donors (Lipinski definition) is 1. The molecule has 1 aromatic rings. The summed E-state index contributed by atoms with van der Waals surface area (Å²) in [6.45, 7) is 4.85. The van der Waals surface area contributed by atoms with Gasteiger partial charge in [0.2, 0.25) is 6.79 Å². The molecule has 0 aliphatic carbocycles. The van der Waals surface area contributed by atoms with Crippen LogP contribution < -0.4 is 19.7 Å². The molecule has 0 spiro atoms. The van der Waals surface area contributed by atoms with Crippen molar-refractivity contribution in [2.75, 3.05) is 31.8 Å². The molecular weight excluding hydrogens is 228 g/mol. The standard InChI is InChI=1S/C14H20N2O2/c1-10-11(8-15-2)5-6-16(10)12-3-4-13-14(7-12)18-9-17-13/h3-4,7,10-11,15H,5-6,8-9H2,1-2H3. The van der Waals surface area contributed by atoms with Crippen molar-refractivity contribution in [1.29, 1.82) is 0 Å². The molecule has 0 aromatic heterocycles. The Kier molecular flexibility index (Phi) is 3.04. The van der Waals surface area contributed by atoms with Gasteiger partial charge in [-0.15, -0.1) is 0 Å². The van der Waals surface area contributed by atoms with Gasteiger partial charge in [0, 0.05) is 24.3 Å². The maximum absolute atomic E-state index is 5.45. The van der Waals surface area contributed by atoms with Crippen LogP contribution in [0.3, 0.4) is 0 Å². The van der Waals surface area contributed by atoms with Gasteiger partial charge in [-0.1, -0.05) is 0 Å². The summed E-state index contributed by atoms with van der Waals surface area (Å²) in [7, 11) is 2.02. The number of benzene rings is 1. The summed E-state index contributed by atoms with van der Waals surface area (Å²) in [5, 5.41) is 3.28. The van der Waals surface area contributed by atoms with Crippen LogP contribution in [0.25, 0.3) is 0 Å². The minimum Gasteiger partial charge on any atom is -0.454 e. The van der Waals surface area contributed by atoms with E-state index in [1.165, 1.54) is 12.1 Å². The van der Waals surface area contributed by atoms with E-state index < -0.39 is 0 Å². The van der Waals surface area contributed by atoms with E-state index in [1.807, 2.05) is 13.1 Å². The van der Waals surface area contributed by atoms with Crippen LogP contribution in [0, 0.1) is 5.92 Å². The van der Waals surface area contributed by atoms with Crippen LogP contribution >= 0.6 is 0 Å². The highest BCUT2D eigenvalue weighted by molar-refractivity contribution is 5.58. The van der Waals surface area contributed by atoms with Gasteiger partial charge in [-0.2, -0.15) is 0 Å². The van der Waals surface area contributed by atoms with Crippen LogP contribution in [-0.2, 0) is 0 Å². The topological polar surface area (TPSA) is 33.7 Å². The molecule has 1 fully saturated rings. The molecule has 2 unspecified atom stereocenters. The third-order valence-electron chi connectivity index (χ3n) is 4.07. The highest BCUT2D eigenvalue weighted by atomic mass is 16.7. The number of ether oxygens (including phenoxy) is 2. The first-order chi connectivity index (χ1) is 8.79. The summed E-state index contributed by atoms with van der Waals surface area (Å²) >= 11 is 0. The Balaban J connectivity index is 1.79. The van der Waals surface area contributed by atoms with Crippen LogP contribution in [0.5, 0.6) is 11.5 Å². The monoisotopic (exact) mass is 248 g/mol. The minimum atomic E-state index is 0.344. The molecule has 18 heavy (non-hydrogen) atoms. The van der Waals surface area contributed by atoms with Crippen LogP contribution in [0.1, 0.15) is 13.3 Å². The Morgan fingerprint density at radius 3 is 3.00 bits per heavy atom. The number of fused-ring (bicyclic) bond motifs is 1. The largest absolute Gasteiger partial charge is 0.454 e. The quantitative estimate of drug-likeness (QED) is 0.885. The first-order valence-corrected chi connectivity index (χ1v) is 6.60. The molecular formula is C14H20N2O2. The lowest BCUT2D eigenvalue weighted by Gasteiger charge is -2.27. The maximum atomic E-state index is 5.45. The molecule has 4 heteroatoms. The Morgan fingerprint density at radius 2 is 2.17 bits per heavy atom. The Morgan fingerprint density at radius 1 is 1.33 bits per heavy atom. The molecule has 0 radical (unpaired) electrons. The van der Waals surface area contributed by atoms with Gasteiger partial charge in [-0.3, -0.25) is 0 Å². The number of nitrogens with zero attached hydrogens (tertiary/aromatic N) is 1. The van der Waals surface area contributed by atoms with Crippen molar-refractivity contribution in [3.63, 3.8) is 0 Å². The summed E-state index contributed by atoms with van der Waals surface area (Å²) in [6.07, 6.45) is 1.25. The zero-order valence-corrected chi connectivity index (χ0v) is 11.0. The number of anilines is 1. The van der Waals surface area contributed by atoms with E-state index in [9.17, 15) is 0 Å². The second-order valence-electron chi connectivity index (χ2n) is 5.08. The fourth-order valence-electron chi connectivity index (χ4n) is 2.97. The molecule has 4 nitrogen and oxygen atoms in total. The predicted molar refractivity (Wildman–Crippen MR) is 71.4 cm³/mol. The fraction of sp³-hybridized carbons (Fsp3) is 0.571. The second-order valence-corrected chi connectivity index (χ2v) is 5.08. The van der Waals surface area contributed by atoms with Gasteiger partial charge < -0.3 is 19.7 Å². The third-order valence-corrected chi connectivity index (χ3v) is 4.07. The molecule has 1 saturated heterocycles. The zero-order chi connectivity index (χ0) is 12.5. The van der Waals surface area contributed by atoms with Crippen LogP contribution in [0.2, 0.25) is 0 Å². The first kappa shape index (κ1) is 11.7. The normalized spacial score (nSPS) is 25.8. The average Bonchev–Trinajstić information content (AvgIpc) is 2.97. The molecule has 98 valence electrons. The van der Waals surface area contributed by atoms with Crippen LogP contribution in [0.15, 0.2) is 18.2 Å². The minimum absolute atomic E-state index is 0.344. The maximum Gasteiger partial charge on any atom is 0.231 e. The van der Waals surface area contributed by atoms with E-state index in [4.69, 9.17) is 9.47 Å². The van der Waals surface area contributed by atoms with Gasteiger partial charge in [0.25, 0.3) is 0 Å². The lowest BCUT2D eigenvalue weighted by Crippen LogP contribution is -2.33. The molecule has 1 aromatic carbocycles. The number of nitrogens with one attached hydrogen (secondary N) is 1. The van der Waals surface area contributed by atoms with Gasteiger partial charge in [-0.25, -0.2) is 0 Å². The summed E-state index contributed by atoms with van der Waals surface area (Å²) in [4.78, 5) is 2.46. The molecule has 0 bridgehead atoms. The van der Waals surface area contributed by atoms with Crippen LogP contribution in [0.4, 0.5) is 5.69 Å². The van der Waals surface area contributed by atoms with E-state index in [1.54, 1.807) is 0 Å². The molecule has 0 amide bonds. The van der Waals surface area contributed by atoms with E-state index in [-0.39, 0.29) is 0 Å². The van der Waals surface area contributed by atoms with E-state index in [2.05, 4.69) is 29.3 Å². The third kappa shape index (κ3) is 1.90. The van der Waals surface area contributed by atoms with Crippen molar-refractivity contribution < 1.29 is 9.47 Å². The van der Waals surface area contributed by atoms with Gasteiger partial charge >= 0.3 is 0 Å². The average molecular weight is 248 g/mol. The summed E-state index contributed by atoms with van der Waals surface area (Å²) in [5.41, 5.74) is 1.24. The zero-order valence-electron chi connectivity index (χ0n) is 11.0. The Labute approximate surface area is 108 Å². The summed E-state index contributed by atoms with van der Waals surface area (Å²) in [5.74, 6) is 2.45. The lowest BCUT2D eigenvalue weighted by molar-refractivity contribution is 0.174. The van der Waals surface area contributed by atoms with E-state index in [0.29, 0.717) is 12.8 Å². The Hall–Kier alpha value is -1.42. The first-order valence-electron chi connectivity index (χ1n) is 6.60. The summed E-state index contributed by atoms with van der Waals surface area (Å²) < 4.78 is 10.8. The number of hydrogen-bond acceptors (Lipinski definition) is 4. The van der Waals surface area contributed by atoms with Crippen molar-refractivity contribution in [3.05, 3.63) is 18.2 Å². The van der Waals surface area contributed by atoms with Gasteiger partial charge in [0.15, 0.2) is 11.5 Å². The fourth-order valence-corrected chi connectivity index (χ4v) is 2.97. The SMILES string of the molecule is CNCC1CCN(c2ccc3c(c2)OCO3)C1C. The van der Waals surface area contributed by atoms with Gasteiger partial charge in [0.05, 0.1) is 0 Å². The highest BCUT2D eigenvalue weighted by Gasteiger charge is 2.30. The lowest BCUT2D eigenvalue weighted by atomic mass is 10.0. The van der Waals surface area contributed by atoms with E-state index >= 15 is 0 Å². The molecule has 0 saturated carbocycles. The van der Waals surface area contributed by atoms with Gasteiger partial charge in [0.1, 0.15) is 0 Å². The van der Waals surface area contributed by atoms with Crippen molar-refractivity contribution in [3.8, 4) is 11.5 Å². The molecule has 2 aliphatic heterocycles. The number of rotatable bonds is 3. The summed E-state index contributed by atoms with van der Waals surface area (Å²) in [6, 6.07) is 6.81. The highest BCUT2D eigenvalue weighted by Crippen LogP contribution is 2.38. The Bertz CT molecular complexity index is 436. The molecule has 2 heterocycles. The molecule has 1 N–H and O–H groups in total. The van der Waals surface area contributed by atoms with Gasteiger partial charge in [-0.05, 0) is 45.0 Å². The molecule has 2 aliphatic rings. The van der Waals surface area contributed by atoms with Crippen LogP contribution in [-0.4, -0.2) is 33.0 Å². The molecule has 3 rings (SSSR count). The smallest absolute Gasteiger partial charge is 0.231 e.